The van der Waals surface area contributed by atoms with Gasteiger partial charge in [-0.05, 0) is 12.1 Å². The predicted molar refractivity (Wildman–Crippen MR) is 50.0 cm³/mol. The van der Waals surface area contributed by atoms with Gasteiger partial charge in [-0.3, -0.25) is 0 Å². The van der Waals surface area contributed by atoms with E-state index in [2.05, 4.69) is 0 Å². The zero-order chi connectivity index (χ0) is 10.1. The van der Waals surface area contributed by atoms with Crippen LogP contribution in [0.4, 0.5) is 4.39 Å². The summed E-state index contributed by atoms with van der Waals surface area (Å²) in [4.78, 5) is 0. The van der Waals surface area contributed by atoms with E-state index >= 15 is 0 Å². The Morgan fingerprint density at radius 2 is 2.36 bits per heavy atom. The summed E-state index contributed by atoms with van der Waals surface area (Å²) in [7, 11) is 1.43. The first-order valence-electron chi connectivity index (χ1n) is 4.49. The van der Waals surface area contributed by atoms with Crippen LogP contribution in [0.25, 0.3) is 0 Å². The summed E-state index contributed by atoms with van der Waals surface area (Å²) in [5, 5.41) is 0. The molecule has 0 unspecified atom stereocenters. The van der Waals surface area contributed by atoms with Gasteiger partial charge < -0.3 is 15.2 Å². The van der Waals surface area contributed by atoms with E-state index in [1.54, 1.807) is 12.1 Å². The molecule has 0 fully saturated rings. The SMILES string of the molecule is COc1ccc2c(c1F)[C@H](N)CCO2. The van der Waals surface area contributed by atoms with Gasteiger partial charge in [-0.25, -0.2) is 4.39 Å². The second kappa shape index (κ2) is 3.46. The van der Waals surface area contributed by atoms with Crippen LogP contribution in [0, 0.1) is 5.82 Å². The number of hydrogen-bond donors (Lipinski definition) is 1. The van der Waals surface area contributed by atoms with Gasteiger partial charge in [-0.15, -0.1) is 0 Å². The average Bonchev–Trinajstić information content (AvgIpc) is 2.18. The third kappa shape index (κ3) is 1.32. The van der Waals surface area contributed by atoms with Crippen molar-refractivity contribution in [3.63, 3.8) is 0 Å². The van der Waals surface area contributed by atoms with Crippen LogP contribution in [0.1, 0.15) is 18.0 Å². The van der Waals surface area contributed by atoms with Crippen molar-refractivity contribution in [1.29, 1.82) is 0 Å². The number of nitrogens with two attached hydrogens (primary N) is 1. The van der Waals surface area contributed by atoms with Crippen molar-refractivity contribution in [1.82, 2.24) is 0 Å². The fourth-order valence-electron chi connectivity index (χ4n) is 1.62. The van der Waals surface area contributed by atoms with Crippen LogP contribution in [-0.2, 0) is 0 Å². The van der Waals surface area contributed by atoms with Crippen molar-refractivity contribution in [2.75, 3.05) is 13.7 Å². The fourth-order valence-corrected chi connectivity index (χ4v) is 1.62. The fraction of sp³-hybridized carbons (Fsp3) is 0.400. The molecule has 76 valence electrons. The van der Waals surface area contributed by atoms with Gasteiger partial charge in [0.05, 0.1) is 19.3 Å². The van der Waals surface area contributed by atoms with Gasteiger partial charge in [-0.2, -0.15) is 0 Å². The van der Waals surface area contributed by atoms with Gasteiger partial charge in [0.1, 0.15) is 5.75 Å². The highest BCUT2D eigenvalue weighted by Gasteiger charge is 2.24. The molecule has 14 heavy (non-hydrogen) atoms. The van der Waals surface area contributed by atoms with E-state index in [1.807, 2.05) is 0 Å². The second-order valence-electron chi connectivity index (χ2n) is 3.24. The van der Waals surface area contributed by atoms with Gasteiger partial charge in [0.15, 0.2) is 11.6 Å². The molecule has 1 atom stereocenters. The third-order valence-corrected chi connectivity index (χ3v) is 2.38. The smallest absolute Gasteiger partial charge is 0.173 e. The maximum absolute atomic E-state index is 13.7. The Morgan fingerprint density at radius 1 is 1.57 bits per heavy atom. The lowest BCUT2D eigenvalue weighted by molar-refractivity contribution is 0.260. The van der Waals surface area contributed by atoms with Gasteiger partial charge in [-0.1, -0.05) is 0 Å². The number of benzene rings is 1. The molecule has 1 aromatic rings. The normalized spacial score (nSPS) is 19.8. The van der Waals surface area contributed by atoms with Crippen molar-refractivity contribution in [3.8, 4) is 11.5 Å². The molecule has 0 amide bonds. The highest BCUT2D eigenvalue weighted by molar-refractivity contribution is 5.44. The molecule has 3 nitrogen and oxygen atoms in total. The maximum atomic E-state index is 13.7. The topological polar surface area (TPSA) is 44.5 Å². The highest BCUT2D eigenvalue weighted by Crippen LogP contribution is 2.36. The standard InChI is InChI=1S/C10H12FNO2/c1-13-8-3-2-7-9(10(8)11)6(12)4-5-14-7/h2-3,6H,4-5,12H2,1H3/t6-/m1/s1. The molecule has 0 aliphatic carbocycles. The summed E-state index contributed by atoms with van der Waals surface area (Å²) in [6.45, 7) is 0.542. The lowest BCUT2D eigenvalue weighted by Crippen LogP contribution is -2.22. The number of halogens is 1. The molecule has 1 aromatic carbocycles. The highest BCUT2D eigenvalue weighted by atomic mass is 19.1. The zero-order valence-electron chi connectivity index (χ0n) is 7.92. The van der Waals surface area contributed by atoms with Crippen LogP contribution in [0.3, 0.4) is 0 Å². The monoisotopic (exact) mass is 197 g/mol. The van der Waals surface area contributed by atoms with Crippen molar-refractivity contribution in [3.05, 3.63) is 23.5 Å². The maximum Gasteiger partial charge on any atom is 0.173 e. The molecule has 1 heterocycles. The molecular formula is C10H12FNO2. The first-order chi connectivity index (χ1) is 6.74. The minimum Gasteiger partial charge on any atom is -0.494 e. The van der Waals surface area contributed by atoms with Crippen LogP contribution in [0.15, 0.2) is 12.1 Å². The van der Waals surface area contributed by atoms with Crippen LogP contribution in [-0.4, -0.2) is 13.7 Å². The van der Waals surface area contributed by atoms with Gasteiger partial charge in [0.25, 0.3) is 0 Å². The van der Waals surface area contributed by atoms with E-state index in [0.29, 0.717) is 24.3 Å². The largest absolute Gasteiger partial charge is 0.494 e. The van der Waals surface area contributed by atoms with Crippen molar-refractivity contribution in [2.24, 2.45) is 5.73 Å². The summed E-state index contributed by atoms with van der Waals surface area (Å²) in [5.74, 6) is 0.337. The quantitative estimate of drug-likeness (QED) is 0.744. The first-order valence-corrected chi connectivity index (χ1v) is 4.49. The number of fused-ring (bicyclic) bond motifs is 1. The number of rotatable bonds is 1. The van der Waals surface area contributed by atoms with Gasteiger partial charge in [0.2, 0.25) is 0 Å². The van der Waals surface area contributed by atoms with E-state index in [0.717, 1.165) is 0 Å². The van der Waals surface area contributed by atoms with Crippen LogP contribution < -0.4 is 15.2 Å². The Kier molecular flexibility index (Phi) is 2.29. The lowest BCUT2D eigenvalue weighted by Gasteiger charge is -2.23. The molecule has 0 aromatic heterocycles. The summed E-state index contributed by atoms with van der Waals surface area (Å²) in [6, 6.07) is 2.94. The van der Waals surface area contributed by atoms with Crippen LogP contribution in [0.5, 0.6) is 11.5 Å². The molecular weight excluding hydrogens is 185 g/mol. The van der Waals surface area contributed by atoms with Crippen LogP contribution in [0.2, 0.25) is 0 Å². The minimum absolute atomic E-state index is 0.213. The molecule has 0 saturated heterocycles. The molecule has 2 rings (SSSR count). The Morgan fingerprint density at radius 3 is 3.07 bits per heavy atom. The second-order valence-corrected chi connectivity index (χ2v) is 3.24. The Labute approximate surface area is 81.6 Å². The molecule has 0 saturated carbocycles. The van der Waals surface area contributed by atoms with E-state index in [-0.39, 0.29) is 11.8 Å². The number of hydrogen-bond acceptors (Lipinski definition) is 3. The van der Waals surface area contributed by atoms with E-state index in [9.17, 15) is 4.39 Å². The van der Waals surface area contributed by atoms with E-state index < -0.39 is 5.82 Å². The molecule has 1 aliphatic heterocycles. The molecule has 0 radical (unpaired) electrons. The first kappa shape index (κ1) is 9.27. The molecule has 4 heteroatoms. The number of ether oxygens (including phenoxy) is 2. The van der Waals surface area contributed by atoms with Crippen molar-refractivity contribution in [2.45, 2.75) is 12.5 Å². The summed E-state index contributed by atoms with van der Waals surface area (Å²) in [5.41, 5.74) is 6.22. The summed E-state index contributed by atoms with van der Waals surface area (Å²) < 4.78 is 23.9. The lowest BCUT2D eigenvalue weighted by atomic mass is 10.0. The molecule has 1 aliphatic rings. The summed E-state index contributed by atoms with van der Waals surface area (Å²) in [6.07, 6.45) is 0.636. The predicted octanol–water partition coefficient (Wildman–Crippen LogP) is 1.62. The van der Waals surface area contributed by atoms with E-state index in [1.165, 1.54) is 7.11 Å². The minimum atomic E-state index is -0.405. The van der Waals surface area contributed by atoms with Gasteiger partial charge in [0, 0.05) is 12.5 Å². The van der Waals surface area contributed by atoms with Gasteiger partial charge >= 0.3 is 0 Å². The third-order valence-electron chi connectivity index (χ3n) is 2.38. The summed E-state index contributed by atoms with van der Waals surface area (Å²) >= 11 is 0. The van der Waals surface area contributed by atoms with Crippen LogP contribution >= 0.6 is 0 Å². The molecule has 0 spiro atoms. The number of methoxy groups -OCH3 is 1. The Hall–Kier alpha value is -1.29. The van der Waals surface area contributed by atoms with Crippen molar-refractivity contribution >= 4 is 0 Å². The average molecular weight is 197 g/mol. The van der Waals surface area contributed by atoms with Crippen molar-refractivity contribution < 1.29 is 13.9 Å². The Balaban J connectivity index is 2.54. The molecule has 2 N–H and O–H groups in total. The van der Waals surface area contributed by atoms with E-state index in [4.69, 9.17) is 15.2 Å². The molecule has 0 bridgehead atoms. The zero-order valence-corrected chi connectivity index (χ0v) is 7.92. The Bertz CT molecular complexity index is 354.